The monoisotopic (exact) mass is 294 g/mol. The molecule has 0 fully saturated rings. The number of aliphatic hydroxyl groups is 1. The van der Waals surface area contributed by atoms with E-state index in [1.54, 1.807) is 18.2 Å². The lowest BCUT2D eigenvalue weighted by Gasteiger charge is -2.14. The van der Waals surface area contributed by atoms with Crippen LogP contribution in [0.25, 0.3) is 0 Å². The Morgan fingerprint density at radius 1 is 1.12 bits per heavy atom. The van der Waals surface area contributed by atoms with E-state index in [0.29, 0.717) is 11.1 Å². The summed E-state index contributed by atoms with van der Waals surface area (Å²) in [4.78, 5) is 0. The number of hydrogen-bond acceptors (Lipinski definition) is 1. The predicted molar refractivity (Wildman–Crippen MR) is 69.3 cm³/mol. The molecule has 0 aromatic heterocycles. The first-order chi connectivity index (χ1) is 8.09. The molecule has 2 aromatic carbocycles. The van der Waals surface area contributed by atoms with E-state index in [1.165, 1.54) is 6.07 Å². The SMILES string of the molecule is Cc1ccc(F)c(C(O)c2ccccc2Br)c1. The largest absolute Gasteiger partial charge is 0.384 e. The highest BCUT2D eigenvalue weighted by molar-refractivity contribution is 9.10. The molecule has 88 valence electrons. The Balaban J connectivity index is 2.47. The fourth-order valence-electron chi connectivity index (χ4n) is 1.74. The van der Waals surface area contributed by atoms with Crippen LogP contribution >= 0.6 is 15.9 Å². The summed E-state index contributed by atoms with van der Waals surface area (Å²) in [5, 5.41) is 10.2. The lowest BCUT2D eigenvalue weighted by Crippen LogP contribution is -2.03. The summed E-state index contributed by atoms with van der Waals surface area (Å²) in [6, 6.07) is 12.0. The molecule has 1 atom stereocenters. The third kappa shape index (κ3) is 2.56. The Bertz CT molecular complexity index is 539. The summed E-state index contributed by atoms with van der Waals surface area (Å²) in [5.41, 5.74) is 1.89. The molecule has 0 saturated carbocycles. The Kier molecular flexibility index (Phi) is 3.60. The van der Waals surface area contributed by atoms with Crippen molar-refractivity contribution in [2.24, 2.45) is 0 Å². The molecule has 2 rings (SSSR count). The first kappa shape index (κ1) is 12.3. The van der Waals surface area contributed by atoms with Crippen molar-refractivity contribution in [2.75, 3.05) is 0 Å². The maximum Gasteiger partial charge on any atom is 0.129 e. The minimum Gasteiger partial charge on any atom is -0.384 e. The molecular weight excluding hydrogens is 283 g/mol. The quantitative estimate of drug-likeness (QED) is 0.888. The van der Waals surface area contributed by atoms with E-state index in [1.807, 2.05) is 25.1 Å². The van der Waals surface area contributed by atoms with Gasteiger partial charge in [0.1, 0.15) is 11.9 Å². The normalized spacial score (nSPS) is 12.5. The van der Waals surface area contributed by atoms with Crippen LogP contribution in [0.3, 0.4) is 0 Å². The molecule has 17 heavy (non-hydrogen) atoms. The minimum atomic E-state index is -0.953. The number of halogens is 2. The van der Waals surface area contributed by atoms with E-state index in [-0.39, 0.29) is 5.82 Å². The van der Waals surface area contributed by atoms with Crippen LogP contribution in [0, 0.1) is 12.7 Å². The van der Waals surface area contributed by atoms with Crippen LogP contribution in [0.15, 0.2) is 46.9 Å². The standard InChI is InChI=1S/C14H12BrFO/c1-9-6-7-13(16)11(8-9)14(17)10-4-2-3-5-12(10)15/h2-8,14,17H,1H3. The molecule has 0 amide bonds. The Hall–Kier alpha value is -1.19. The zero-order valence-corrected chi connectivity index (χ0v) is 10.9. The number of rotatable bonds is 2. The molecule has 1 unspecified atom stereocenters. The number of hydrogen-bond donors (Lipinski definition) is 1. The fraction of sp³-hybridized carbons (Fsp3) is 0.143. The molecule has 0 radical (unpaired) electrons. The maximum atomic E-state index is 13.7. The summed E-state index contributed by atoms with van der Waals surface area (Å²) in [7, 11) is 0. The van der Waals surface area contributed by atoms with Crippen LogP contribution in [0.4, 0.5) is 4.39 Å². The van der Waals surface area contributed by atoms with Crippen LogP contribution in [-0.2, 0) is 0 Å². The van der Waals surface area contributed by atoms with E-state index in [4.69, 9.17) is 0 Å². The van der Waals surface area contributed by atoms with Gasteiger partial charge >= 0.3 is 0 Å². The molecular formula is C14H12BrFO. The van der Waals surface area contributed by atoms with Gasteiger partial charge in [-0.3, -0.25) is 0 Å². The van der Waals surface area contributed by atoms with Gasteiger partial charge in [0.25, 0.3) is 0 Å². The van der Waals surface area contributed by atoms with Gasteiger partial charge in [-0.25, -0.2) is 4.39 Å². The Morgan fingerprint density at radius 3 is 2.53 bits per heavy atom. The third-order valence-corrected chi connectivity index (χ3v) is 3.37. The second-order valence-corrected chi connectivity index (χ2v) is 4.80. The van der Waals surface area contributed by atoms with E-state index in [2.05, 4.69) is 15.9 Å². The van der Waals surface area contributed by atoms with Gasteiger partial charge in [-0.1, -0.05) is 51.8 Å². The zero-order valence-electron chi connectivity index (χ0n) is 9.32. The Morgan fingerprint density at radius 2 is 1.82 bits per heavy atom. The van der Waals surface area contributed by atoms with Crippen molar-refractivity contribution < 1.29 is 9.50 Å². The Labute approximate surface area is 108 Å². The van der Waals surface area contributed by atoms with Crippen LogP contribution in [-0.4, -0.2) is 5.11 Å². The van der Waals surface area contributed by atoms with E-state index in [0.717, 1.165) is 10.0 Å². The average molecular weight is 295 g/mol. The fourth-order valence-corrected chi connectivity index (χ4v) is 2.24. The van der Waals surface area contributed by atoms with Crippen LogP contribution in [0.2, 0.25) is 0 Å². The van der Waals surface area contributed by atoms with Crippen LogP contribution in [0.1, 0.15) is 22.8 Å². The second-order valence-electron chi connectivity index (χ2n) is 3.95. The first-order valence-corrected chi connectivity index (χ1v) is 6.07. The lowest BCUT2D eigenvalue weighted by molar-refractivity contribution is 0.214. The van der Waals surface area contributed by atoms with Crippen molar-refractivity contribution in [3.63, 3.8) is 0 Å². The van der Waals surface area contributed by atoms with Gasteiger partial charge in [0, 0.05) is 10.0 Å². The topological polar surface area (TPSA) is 20.2 Å². The van der Waals surface area contributed by atoms with Crippen molar-refractivity contribution in [1.82, 2.24) is 0 Å². The van der Waals surface area contributed by atoms with Gasteiger partial charge in [-0.2, -0.15) is 0 Å². The predicted octanol–water partition coefficient (Wildman–Crippen LogP) is 3.98. The molecule has 2 aromatic rings. The molecule has 0 aliphatic rings. The van der Waals surface area contributed by atoms with E-state index >= 15 is 0 Å². The highest BCUT2D eigenvalue weighted by Crippen LogP contribution is 2.30. The van der Waals surface area contributed by atoms with Crippen molar-refractivity contribution in [3.8, 4) is 0 Å². The van der Waals surface area contributed by atoms with Gasteiger partial charge in [-0.05, 0) is 24.6 Å². The molecule has 3 heteroatoms. The van der Waals surface area contributed by atoms with Gasteiger partial charge in [0.15, 0.2) is 0 Å². The summed E-state index contributed by atoms with van der Waals surface area (Å²) in [6.45, 7) is 1.87. The van der Waals surface area contributed by atoms with Crippen molar-refractivity contribution in [3.05, 3.63) is 69.4 Å². The molecule has 1 nitrogen and oxygen atoms in total. The molecule has 0 saturated heterocycles. The lowest BCUT2D eigenvalue weighted by atomic mass is 9.99. The molecule has 0 aliphatic heterocycles. The summed E-state index contributed by atoms with van der Waals surface area (Å²) < 4.78 is 14.4. The third-order valence-electron chi connectivity index (χ3n) is 2.65. The maximum absolute atomic E-state index is 13.7. The summed E-state index contributed by atoms with van der Waals surface area (Å²) in [5.74, 6) is -0.390. The highest BCUT2D eigenvalue weighted by atomic mass is 79.9. The highest BCUT2D eigenvalue weighted by Gasteiger charge is 2.17. The number of benzene rings is 2. The number of aryl methyl sites for hydroxylation is 1. The average Bonchev–Trinajstić information content (AvgIpc) is 2.32. The van der Waals surface area contributed by atoms with Crippen LogP contribution < -0.4 is 0 Å². The minimum absolute atomic E-state index is 0.303. The zero-order chi connectivity index (χ0) is 12.4. The molecule has 0 bridgehead atoms. The molecule has 0 spiro atoms. The smallest absolute Gasteiger partial charge is 0.129 e. The van der Waals surface area contributed by atoms with Crippen LogP contribution in [0.5, 0.6) is 0 Å². The van der Waals surface area contributed by atoms with Gasteiger partial charge in [-0.15, -0.1) is 0 Å². The first-order valence-electron chi connectivity index (χ1n) is 5.28. The van der Waals surface area contributed by atoms with E-state index < -0.39 is 6.10 Å². The van der Waals surface area contributed by atoms with Crippen molar-refractivity contribution in [1.29, 1.82) is 0 Å². The van der Waals surface area contributed by atoms with Crippen molar-refractivity contribution in [2.45, 2.75) is 13.0 Å². The van der Waals surface area contributed by atoms with E-state index in [9.17, 15) is 9.50 Å². The van der Waals surface area contributed by atoms with Crippen molar-refractivity contribution >= 4 is 15.9 Å². The summed E-state index contributed by atoms with van der Waals surface area (Å²) >= 11 is 3.35. The molecule has 0 heterocycles. The molecule has 0 aliphatic carbocycles. The van der Waals surface area contributed by atoms with Gasteiger partial charge < -0.3 is 5.11 Å². The van der Waals surface area contributed by atoms with Gasteiger partial charge in [0.05, 0.1) is 0 Å². The second kappa shape index (κ2) is 4.98. The number of aliphatic hydroxyl groups excluding tert-OH is 1. The van der Waals surface area contributed by atoms with Gasteiger partial charge in [0.2, 0.25) is 0 Å². The summed E-state index contributed by atoms with van der Waals surface area (Å²) in [6.07, 6.45) is -0.953. The molecule has 1 N–H and O–H groups in total.